The van der Waals surface area contributed by atoms with E-state index in [-0.39, 0.29) is 17.3 Å². The zero-order valence-electron chi connectivity index (χ0n) is 24.7. The predicted molar refractivity (Wildman–Crippen MR) is 176 cm³/mol. The average molecular weight is 778 g/mol. The van der Waals surface area contributed by atoms with Crippen LogP contribution in [-0.4, -0.2) is 67.1 Å². The number of nitrogens with zero attached hydrogens (tertiary/aromatic N) is 1. The van der Waals surface area contributed by atoms with Gasteiger partial charge in [0.15, 0.2) is 9.84 Å². The van der Waals surface area contributed by atoms with Gasteiger partial charge in [0.25, 0.3) is 5.91 Å². The maximum atomic E-state index is 13.1. The maximum absolute atomic E-state index is 13.1. The quantitative estimate of drug-likeness (QED) is 0.0905. The second kappa shape index (κ2) is 18.8. The summed E-state index contributed by atoms with van der Waals surface area (Å²) in [6.07, 6.45) is -4.46. The van der Waals surface area contributed by atoms with E-state index >= 15 is 0 Å². The average Bonchev–Trinajstić information content (AvgIpc) is 3.65. The summed E-state index contributed by atoms with van der Waals surface area (Å²) in [5.41, 5.74) is 0.480. The number of hydrogen-bond acceptors (Lipinski definition) is 9. The van der Waals surface area contributed by atoms with Crippen LogP contribution < -0.4 is 10.2 Å². The number of piperidine rings is 1. The molecule has 0 radical (unpaired) electrons. The first-order valence-electron chi connectivity index (χ1n) is 13.4. The van der Waals surface area contributed by atoms with E-state index < -0.39 is 33.3 Å². The zero-order valence-corrected chi connectivity index (χ0v) is 29.4. The Labute approximate surface area is 293 Å². The molecule has 3 heterocycles. The Hall–Kier alpha value is -2.55. The third kappa shape index (κ3) is 13.5. The number of carbonyl (C=O) groups is 2. The molecular formula is C29H30Cl3F3N2O7S3. The number of hydrogen-bond donors (Lipinski definition) is 3. The number of benzene rings is 1. The maximum Gasteiger partial charge on any atom is 0.490 e. The highest BCUT2D eigenvalue weighted by molar-refractivity contribution is 7.91. The van der Waals surface area contributed by atoms with Crippen molar-refractivity contribution in [3.8, 4) is 17.6 Å². The highest BCUT2D eigenvalue weighted by atomic mass is 35.5. The largest absolute Gasteiger partial charge is 0.490 e. The number of halogens is 6. The van der Waals surface area contributed by atoms with Crippen molar-refractivity contribution in [2.24, 2.45) is 5.41 Å². The Balaban J connectivity index is 0.000000419. The van der Waals surface area contributed by atoms with Gasteiger partial charge in [-0.1, -0.05) is 29.1 Å². The summed E-state index contributed by atoms with van der Waals surface area (Å²) < 4.78 is 64.9. The monoisotopic (exact) mass is 776 g/mol. The van der Waals surface area contributed by atoms with Crippen molar-refractivity contribution in [3.63, 3.8) is 0 Å². The number of sulfone groups is 1. The van der Waals surface area contributed by atoms with Crippen LogP contribution in [0.3, 0.4) is 0 Å². The van der Waals surface area contributed by atoms with Crippen molar-refractivity contribution < 1.29 is 46.2 Å². The molecule has 0 aliphatic carbocycles. The summed E-state index contributed by atoms with van der Waals surface area (Å²) in [5.74, 6) is 2.76. The molecule has 1 aromatic carbocycles. The van der Waals surface area contributed by atoms with Crippen molar-refractivity contribution in [2.75, 3.05) is 25.4 Å². The number of alkyl halides is 4. The third-order valence-electron chi connectivity index (χ3n) is 6.54. The summed E-state index contributed by atoms with van der Waals surface area (Å²) in [4.78, 5) is 26.0. The van der Waals surface area contributed by atoms with Gasteiger partial charge in [0, 0.05) is 16.3 Å². The van der Waals surface area contributed by atoms with E-state index in [9.17, 15) is 31.6 Å². The molecule has 9 nitrogen and oxygen atoms in total. The van der Waals surface area contributed by atoms with Gasteiger partial charge in [0.1, 0.15) is 12.4 Å². The SMILES string of the molecule is CC#CCOc1ccc(S(=O)(=O)CC2(C(=O)NO)CCN(Cc3ccc(Cl)s3)CC2)cc1.ClCc1ccc(Cl)s1.O=C(O)C(F)(F)F. The number of nitrogens with one attached hydrogen (secondary N) is 1. The van der Waals surface area contributed by atoms with Crippen molar-refractivity contribution >= 4 is 79.2 Å². The number of carbonyl (C=O) groups excluding carboxylic acids is 1. The molecule has 47 heavy (non-hydrogen) atoms. The van der Waals surface area contributed by atoms with Crippen molar-refractivity contribution in [2.45, 2.75) is 43.3 Å². The Bertz CT molecular complexity index is 1630. The molecule has 0 saturated carbocycles. The van der Waals surface area contributed by atoms with Gasteiger partial charge in [-0.3, -0.25) is 14.9 Å². The minimum atomic E-state index is -5.08. The Morgan fingerprint density at radius 1 is 1.02 bits per heavy atom. The summed E-state index contributed by atoms with van der Waals surface area (Å²) >= 11 is 20.1. The van der Waals surface area contributed by atoms with Crippen molar-refractivity contribution in [1.82, 2.24) is 10.4 Å². The van der Waals surface area contributed by atoms with Crippen molar-refractivity contribution in [3.05, 3.63) is 67.0 Å². The summed E-state index contributed by atoms with van der Waals surface area (Å²) in [6.45, 7) is 3.68. The number of rotatable bonds is 9. The number of hydroxylamine groups is 1. The molecule has 18 heteroatoms. The van der Waals surface area contributed by atoms with Crippen molar-refractivity contribution in [1.29, 1.82) is 0 Å². The lowest BCUT2D eigenvalue weighted by atomic mass is 9.79. The molecule has 3 N–H and O–H groups in total. The number of thiophene rings is 2. The lowest BCUT2D eigenvalue weighted by Gasteiger charge is -2.39. The van der Waals surface area contributed by atoms with Gasteiger partial charge in [-0.2, -0.15) is 13.2 Å². The number of aliphatic carboxylic acids is 1. The molecule has 258 valence electrons. The van der Waals surface area contributed by atoms with E-state index in [0.29, 0.717) is 48.4 Å². The first kappa shape index (κ1) is 40.6. The predicted octanol–water partition coefficient (Wildman–Crippen LogP) is 7.14. The fourth-order valence-corrected chi connectivity index (χ4v) is 8.34. The normalized spacial score (nSPS) is 14.3. The third-order valence-corrected chi connectivity index (χ3v) is 11.4. The highest BCUT2D eigenvalue weighted by Gasteiger charge is 2.45. The second-order valence-corrected chi connectivity index (χ2v) is 15.6. The van der Waals surface area contributed by atoms with E-state index in [1.807, 2.05) is 24.3 Å². The van der Waals surface area contributed by atoms with Crippen LogP contribution in [0.4, 0.5) is 13.2 Å². The number of carboxylic acid groups (broad SMARTS) is 1. The smallest absolute Gasteiger partial charge is 0.481 e. The number of ether oxygens (including phenoxy) is 1. The summed E-state index contributed by atoms with van der Waals surface area (Å²) in [6, 6.07) is 13.6. The van der Waals surface area contributed by atoms with Crippen LogP contribution in [0, 0.1) is 17.3 Å². The molecule has 1 amide bonds. The minimum Gasteiger partial charge on any atom is -0.481 e. The first-order valence-corrected chi connectivity index (χ1v) is 18.0. The Kier molecular flexibility index (Phi) is 16.3. The Morgan fingerprint density at radius 2 is 1.55 bits per heavy atom. The fraction of sp³-hybridized carbons (Fsp3) is 0.379. The molecular weight excluding hydrogens is 748 g/mol. The lowest BCUT2D eigenvalue weighted by Crippen LogP contribution is -2.51. The van der Waals surface area contributed by atoms with Gasteiger partial charge in [-0.05, 0) is 81.4 Å². The van der Waals surface area contributed by atoms with Gasteiger partial charge in [0.2, 0.25) is 0 Å². The summed E-state index contributed by atoms with van der Waals surface area (Å²) in [7, 11) is -3.78. The van der Waals surface area contributed by atoms with Crippen LogP contribution in [0.15, 0.2) is 53.4 Å². The lowest BCUT2D eigenvalue weighted by molar-refractivity contribution is -0.192. The topological polar surface area (TPSA) is 133 Å². The van der Waals surface area contributed by atoms with Gasteiger partial charge in [0.05, 0.1) is 30.6 Å². The van der Waals surface area contributed by atoms with Gasteiger partial charge >= 0.3 is 12.1 Å². The van der Waals surface area contributed by atoms with E-state index in [4.69, 9.17) is 49.4 Å². The van der Waals surface area contributed by atoms with Crippen LogP contribution in [-0.2, 0) is 31.9 Å². The van der Waals surface area contributed by atoms with Gasteiger partial charge < -0.3 is 9.84 Å². The zero-order chi connectivity index (χ0) is 35.3. The highest BCUT2D eigenvalue weighted by Crippen LogP contribution is 2.36. The van der Waals surface area contributed by atoms with Crippen LogP contribution >= 0.6 is 57.5 Å². The molecule has 0 bridgehead atoms. The standard InChI is InChI=1S/C22H25ClN2O5S2.C5H4Cl2S.C2HF3O2/c1-2-3-14-30-17-4-7-19(8-5-17)32(28,29)16-22(21(26)24-27)10-12-25(13-11-22)15-18-6-9-20(23)31-18;6-3-4-1-2-5(7)8-4;3-2(4,5)1(6)7/h4-9,27H,10-16H2,1H3,(H,24,26);1-2H,3H2;(H,6,7). The molecule has 1 fully saturated rings. The van der Waals surface area contributed by atoms with E-state index in [2.05, 4.69) is 16.7 Å². The molecule has 1 aliphatic rings. The van der Waals surface area contributed by atoms with E-state index in [1.54, 1.807) is 24.5 Å². The van der Waals surface area contributed by atoms with E-state index in [0.717, 1.165) is 14.1 Å². The number of carboxylic acids is 1. The second-order valence-electron chi connectivity index (χ2n) is 9.79. The molecule has 0 atom stereocenters. The molecule has 2 aromatic heterocycles. The van der Waals surface area contributed by atoms with Crippen LogP contribution in [0.1, 0.15) is 29.5 Å². The molecule has 0 spiro atoms. The minimum absolute atomic E-state index is 0.104. The molecule has 1 aliphatic heterocycles. The molecule has 1 saturated heterocycles. The molecule has 3 aromatic rings. The first-order chi connectivity index (χ1) is 22.0. The molecule has 4 rings (SSSR count). The fourth-order valence-electron chi connectivity index (χ4n) is 4.16. The number of likely N-dealkylation sites (tertiary alicyclic amines) is 1. The Morgan fingerprint density at radius 3 is 1.96 bits per heavy atom. The number of amides is 1. The summed E-state index contributed by atoms with van der Waals surface area (Å²) in [5, 5.41) is 16.4. The van der Waals surface area contributed by atoms with Gasteiger partial charge in [-0.25, -0.2) is 18.7 Å². The van der Waals surface area contributed by atoms with Gasteiger partial charge in [-0.15, -0.1) is 40.2 Å². The molecule has 0 unspecified atom stereocenters. The van der Waals surface area contributed by atoms with Crippen LogP contribution in [0.25, 0.3) is 0 Å². The van der Waals surface area contributed by atoms with Crippen LogP contribution in [0.5, 0.6) is 5.75 Å². The van der Waals surface area contributed by atoms with E-state index in [1.165, 1.54) is 34.8 Å². The van der Waals surface area contributed by atoms with Crippen LogP contribution in [0.2, 0.25) is 8.67 Å².